The molecule has 0 saturated carbocycles. The van der Waals surface area contributed by atoms with E-state index < -0.39 is 0 Å². The van der Waals surface area contributed by atoms with Gasteiger partial charge in [0.25, 0.3) is 5.91 Å². The van der Waals surface area contributed by atoms with E-state index in [1.54, 1.807) is 6.07 Å². The van der Waals surface area contributed by atoms with E-state index in [4.69, 9.17) is 15.7 Å². The van der Waals surface area contributed by atoms with E-state index in [-0.39, 0.29) is 29.1 Å². The Morgan fingerprint density at radius 3 is 2.88 bits per heavy atom. The van der Waals surface area contributed by atoms with Crippen LogP contribution in [0.1, 0.15) is 0 Å². The average molecular weight is 238 g/mol. The second-order valence-electron chi connectivity index (χ2n) is 3.61. The van der Waals surface area contributed by atoms with E-state index >= 15 is 0 Å². The van der Waals surface area contributed by atoms with Gasteiger partial charge >= 0.3 is 0 Å². The normalized spacial score (nSPS) is 16.1. The lowest BCUT2D eigenvalue weighted by Crippen LogP contribution is -2.41. The smallest absolute Gasteiger partial charge is 0.253 e. The highest BCUT2D eigenvalue weighted by atomic mass is 16.8. The summed E-state index contributed by atoms with van der Waals surface area (Å²) < 4.78 is 5.00. The molecular weight excluding hydrogens is 226 g/mol. The van der Waals surface area contributed by atoms with Gasteiger partial charge in [-0.05, 0) is 18.2 Å². The number of amides is 1. The molecule has 0 unspecified atom stereocenters. The van der Waals surface area contributed by atoms with Gasteiger partial charge in [-0.2, -0.15) is 0 Å². The number of nitrogen functional groups attached to an aromatic ring is 1. The first-order valence-electron chi connectivity index (χ1n) is 5.03. The molecule has 1 amide bonds. The summed E-state index contributed by atoms with van der Waals surface area (Å²) in [6.45, 7) is 0.939. The predicted molar refractivity (Wildman–Crippen MR) is 61.7 cm³/mol. The molecule has 1 fully saturated rings. The topological polar surface area (TPSA) is 102 Å². The summed E-state index contributed by atoms with van der Waals surface area (Å²) in [4.78, 5) is 13.1. The lowest BCUT2D eigenvalue weighted by Gasteiger charge is -2.29. The van der Waals surface area contributed by atoms with E-state index in [9.17, 15) is 10.0 Å². The van der Waals surface area contributed by atoms with Gasteiger partial charge in [-0.25, -0.2) is 0 Å². The van der Waals surface area contributed by atoms with E-state index in [1.807, 2.05) is 0 Å². The highest BCUT2D eigenvalue weighted by Gasteiger charge is 2.20. The summed E-state index contributed by atoms with van der Waals surface area (Å²) in [6.07, 6.45) is 0. The van der Waals surface area contributed by atoms with Crippen molar-refractivity contribution in [2.24, 2.45) is 0 Å². The Morgan fingerprint density at radius 1 is 1.53 bits per heavy atom. The fourth-order valence-electron chi connectivity index (χ4n) is 1.68. The zero-order valence-electron chi connectivity index (χ0n) is 9.00. The molecule has 92 valence electrons. The number of ether oxygens (including phenoxy) is 1. The van der Waals surface area contributed by atoms with Crippen LogP contribution >= 0.6 is 0 Å². The summed E-state index contributed by atoms with van der Waals surface area (Å²) in [6, 6.07) is 4.39. The molecule has 0 radical (unpaired) electrons. The molecule has 7 nitrogen and oxygen atoms in total. The predicted octanol–water partition coefficient (Wildman–Crippen LogP) is 0.325. The first kappa shape index (κ1) is 11.6. The van der Waals surface area contributed by atoms with Gasteiger partial charge in [-0.15, -0.1) is 0 Å². The van der Waals surface area contributed by atoms with Crippen LogP contribution in [0.15, 0.2) is 18.2 Å². The monoisotopic (exact) mass is 238 g/mol. The van der Waals surface area contributed by atoms with Crippen LogP contribution in [-0.4, -0.2) is 30.9 Å². The Labute approximate surface area is 97.5 Å². The molecule has 3 N–H and O–H groups in total. The number of hydrogen-bond donors (Lipinski definition) is 2. The number of carbonyl (C=O) groups excluding carboxylic acids is 1. The van der Waals surface area contributed by atoms with Gasteiger partial charge in [0.15, 0.2) is 0 Å². The number of morpholine rings is 1. The zero-order valence-corrected chi connectivity index (χ0v) is 9.00. The largest absolute Gasteiger partial charge is 0.733 e. The van der Waals surface area contributed by atoms with Crippen molar-refractivity contribution >= 4 is 23.0 Å². The molecule has 17 heavy (non-hydrogen) atoms. The van der Waals surface area contributed by atoms with E-state index in [0.29, 0.717) is 18.8 Å². The standard InChI is InChI=1S/C10H12N3O4/c11-8-5-7(1-2-9(8)13(15)16)12-3-4-17-6-10(12)14/h1-2,5,15H,3-4,6,11H2/q-1. The number of nitrogens with two attached hydrogens (primary N) is 1. The van der Waals surface area contributed by atoms with E-state index in [0.717, 1.165) is 0 Å². The number of rotatable bonds is 2. The number of hydrogen-bond acceptors (Lipinski definition) is 6. The molecule has 1 aromatic rings. The summed E-state index contributed by atoms with van der Waals surface area (Å²) in [5.41, 5.74) is 6.25. The fourth-order valence-corrected chi connectivity index (χ4v) is 1.68. The van der Waals surface area contributed by atoms with Crippen LogP contribution in [0.3, 0.4) is 0 Å². The average Bonchev–Trinajstić information content (AvgIpc) is 2.29. The Bertz CT molecular complexity index is 436. The molecule has 1 aliphatic rings. The van der Waals surface area contributed by atoms with Gasteiger partial charge in [0.05, 0.1) is 18.0 Å². The number of anilines is 3. The Kier molecular flexibility index (Phi) is 3.14. The second-order valence-corrected chi connectivity index (χ2v) is 3.61. The SMILES string of the molecule is Nc1cc(N2CCOCC2=O)ccc1N([O-])O. The van der Waals surface area contributed by atoms with Crippen molar-refractivity contribution < 1.29 is 14.7 Å². The highest BCUT2D eigenvalue weighted by molar-refractivity contribution is 5.95. The number of benzene rings is 1. The van der Waals surface area contributed by atoms with Gasteiger partial charge in [-0.1, -0.05) is 0 Å². The molecule has 1 heterocycles. The minimum atomic E-state index is -0.305. The van der Waals surface area contributed by atoms with Gasteiger partial charge in [0, 0.05) is 12.2 Å². The molecule has 7 heteroatoms. The molecule has 0 aliphatic carbocycles. The van der Waals surface area contributed by atoms with Crippen LogP contribution in [0.2, 0.25) is 0 Å². The third-order valence-corrected chi connectivity index (χ3v) is 2.51. The molecule has 1 aliphatic heterocycles. The third-order valence-electron chi connectivity index (χ3n) is 2.51. The van der Waals surface area contributed by atoms with Gasteiger partial charge < -0.3 is 25.8 Å². The van der Waals surface area contributed by atoms with Crippen LogP contribution in [0.25, 0.3) is 0 Å². The van der Waals surface area contributed by atoms with Crippen molar-refractivity contribution in [3.05, 3.63) is 23.4 Å². The number of carbonyl (C=O) groups is 1. The highest BCUT2D eigenvalue weighted by Crippen LogP contribution is 2.27. The van der Waals surface area contributed by atoms with Gasteiger partial charge in [0.2, 0.25) is 0 Å². The maximum absolute atomic E-state index is 11.6. The minimum absolute atomic E-state index is 0.0370. The van der Waals surface area contributed by atoms with Gasteiger partial charge in [-0.3, -0.25) is 10.0 Å². The van der Waals surface area contributed by atoms with Gasteiger partial charge in [0.1, 0.15) is 6.61 Å². The quantitative estimate of drug-likeness (QED) is 0.568. The van der Waals surface area contributed by atoms with Crippen molar-refractivity contribution in [2.75, 3.05) is 35.6 Å². The zero-order chi connectivity index (χ0) is 12.4. The van der Waals surface area contributed by atoms with Crippen molar-refractivity contribution in [2.45, 2.75) is 0 Å². The summed E-state index contributed by atoms with van der Waals surface area (Å²) in [5, 5.41) is 19.2. The van der Waals surface area contributed by atoms with Crippen LogP contribution in [0.4, 0.5) is 17.1 Å². The first-order chi connectivity index (χ1) is 8.09. The molecule has 1 aromatic carbocycles. The van der Waals surface area contributed by atoms with Crippen molar-refractivity contribution in [1.29, 1.82) is 0 Å². The van der Waals surface area contributed by atoms with Crippen LogP contribution in [0.5, 0.6) is 0 Å². The third kappa shape index (κ3) is 2.31. The molecule has 2 rings (SSSR count). The van der Waals surface area contributed by atoms with E-state index in [1.165, 1.54) is 17.0 Å². The Balaban J connectivity index is 2.27. The molecule has 0 spiro atoms. The van der Waals surface area contributed by atoms with Crippen molar-refractivity contribution in [3.63, 3.8) is 0 Å². The maximum Gasteiger partial charge on any atom is 0.253 e. The molecule has 0 atom stereocenters. The van der Waals surface area contributed by atoms with Crippen LogP contribution in [-0.2, 0) is 9.53 Å². The molecular formula is C10H12N3O4-. The summed E-state index contributed by atoms with van der Waals surface area (Å²) in [5.74, 6) is -0.161. The van der Waals surface area contributed by atoms with Crippen molar-refractivity contribution in [3.8, 4) is 0 Å². The maximum atomic E-state index is 11.6. The number of nitrogens with zero attached hydrogens (tertiary/aromatic N) is 2. The first-order valence-corrected chi connectivity index (χ1v) is 5.03. The lowest BCUT2D eigenvalue weighted by molar-refractivity contribution is -0.125. The summed E-state index contributed by atoms with van der Waals surface area (Å²) in [7, 11) is 0. The van der Waals surface area contributed by atoms with E-state index in [2.05, 4.69) is 0 Å². The molecule has 0 bridgehead atoms. The van der Waals surface area contributed by atoms with Crippen LogP contribution < -0.4 is 15.9 Å². The van der Waals surface area contributed by atoms with Crippen LogP contribution in [0, 0.1) is 5.21 Å². The molecule has 1 saturated heterocycles. The molecule has 0 aromatic heterocycles. The summed E-state index contributed by atoms with van der Waals surface area (Å²) >= 11 is 0. The Hall–Kier alpha value is -1.83. The second kappa shape index (κ2) is 4.58. The lowest BCUT2D eigenvalue weighted by atomic mass is 10.2. The Morgan fingerprint density at radius 2 is 2.29 bits per heavy atom. The van der Waals surface area contributed by atoms with Crippen molar-refractivity contribution in [1.82, 2.24) is 0 Å². The fraction of sp³-hybridized carbons (Fsp3) is 0.300. The minimum Gasteiger partial charge on any atom is -0.733 e.